The van der Waals surface area contributed by atoms with Crippen LogP contribution in [0.2, 0.25) is 10.0 Å². The van der Waals surface area contributed by atoms with Crippen molar-refractivity contribution in [3.8, 4) is 0 Å². The Bertz CT molecular complexity index is 1060. The summed E-state index contributed by atoms with van der Waals surface area (Å²) < 4.78 is 28.5. The van der Waals surface area contributed by atoms with Gasteiger partial charge < -0.3 is 0 Å². The number of nitrogens with zero attached hydrogens (tertiary/aromatic N) is 1. The first-order valence-electron chi connectivity index (χ1n) is 7.72. The Morgan fingerprint density at radius 1 is 0.889 bits per heavy atom. The van der Waals surface area contributed by atoms with Crippen molar-refractivity contribution in [1.82, 2.24) is 0 Å². The third kappa shape index (κ3) is 5.22. The van der Waals surface area contributed by atoms with Crippen LogP contribution in [-0.4, -0.2) is 14.6 Å². The second kappa shape index (κ2) is 8.60. The Balaban J connectivity index is 1.78. The van der Waals surface area contributed by atoms with Crippen LogP contribution in [0.3, 0.4) is 0 Å². The van der Waals surface area contributed by atoms with Crippen molar-refractivity contribution >= 4 is 73.4 Å². The Morgan fingerprint density at radius 2 is 1.48 bits per heavy atom. The van der Waals surface area contributed by atoms with E-state index in [1.165, 1.54) is 12.1 Å². The Labute approximate surface area is 181 Å². The highest BCUT2D eigenvalue weighted by Gasteiger charge is 2.14. The Hall–Kier alpha value is -1.61. The summed E-state index contributed by atoms with van der Waals surface area (Å²) in [7, 11) is -3.67. The van der Waals surface area contributed by atoms with E-state index in [9.17, 15) is 8.42 Å². The number of sulfonamides is 1. The third-order valence-electron chi connectivity index (χ3n) is 3.59. The first kappa shape index (κ1) is 20.1. The van der Waals surface area contributed by atoms with Crippen molar-refractivity contribution in [3.05, 3.63) is 85.9 Å². The van der Waals surface area contributed by atoms with E-state index < -0.39 is 10.0 Å². The number of anilines is 1. The van der Waals surface area contributed by atoms with E-state index >= 15 is 0 Å². The third-order valence-corrected chi connectivity index (χ3v) is 6.36. The molecule has 0 bridgehead atoms. The smallest absolute Gasteiger partial charge is 0.261 e. The summed E-state index contributed by atoms with van der Waals surface area (Å²) in [5.74, 6) is 0. The maximum absolute atomic E-state index is 12.5. The quantitative estimate of drug-likeness (QED) is 0.317. The van der Waals surface area contributed by atoms with Gasteiger partial charge in [0.2, 0.25) is 0 Å². The first-order valence-corrected chi connectivity index (χ1v) is 11.0. The topological polar surface area (TPSA) is 58.5 Å². The minimum Gasteiger partial charge on any atom is -0.280 e. The number of nitrogens with one attached hydrogen (secondary N) is 1. The molecule has 0 aliphatic rings. The number of halogens is 3. The predicted octanol–water partition coefficient (Wildman–Crippen LogP) is 6.15. The van der Waals surface area contributed by atoms with E-state index in [-0.39, 0.29) is 4.90 Å². The molecule has 0 fully saturated rings. The molecule has 0 amide bonds. The van der Waals surface area contributed by atoms with Gasteiger partial charge in [-0.15, -0.1) is 0 Å². The molecule has 138 valence electrons. The number of benzene rings is 3. The van der Waals surface area contributed by atoms with Gasteiger partial charge in [-0.1, -0.05) is 29.3 Å². The van der Waals surface area contributed by atoms with Crippen LogP contribution in [0.4, 0.5) is 11.4 Å². The molecule has 4 nitrogen and oxygen atoms in total. The van der Waals surface area contributed by atoms with E-state index in [2.05, 4.69) is 32.3 Å². The Kier molecular flexibility index (Phi) is 6.41. The highest BCUT2D eigenvalue weighted by Crippen LogP contribution is 2.24. The fourth-order valence-corrected chi connectivity index (χ4v) is 4.13. The maximum atomic E-state index is 12.5. The van der Waals surface area contributed by atoms with Crippen LogP contribution in [0.15, 0.2) is 76.6 Å². The van der Waals surface area contributed by atoms with Crippen molar-refractivity contribution in [2.24, 2.45) is 4.99 Å². The van der Waals surface area contributed by atoms with Gasteiger partial charge in [-0.25, -0.2) is 8.42 Å². The molecule has 3 aromatic rings. The lowest BCUT2D eigenvalue weighted by atomic mass is 10.2. The monoisotopic (exact) mass is 530 g/mol. The molecule has 0 unspecified atom stereocenters. The van der Waals surface area contributed by atoms with Crippen LogP contribution < -0.4 is 4.72 Å². The maximum Gasteiger partial charge on any atom is 0.261 e. The lowest BCUT2D eigenvalue weighted by molar-refractivity contribution is 0.601. The van der Waals surface area contributed by atoms with Crippen molar-refractivity contribution < 1.29 is 8.42 Å². The predicted molar refractivity (Wildman–Crippen MR) is 120 cm³/mol. The van der Waals surface area contributed by atoms with Crippen LogP contribution in [0.1, 0.15) is 5.56 Å². The molecule has 0 aromatic heterocycles. The molecule has 0 atom stereocenters. The number of hydrogen-bond donors (Lipinski definition) is 1. The van der Waals surface area contributed by atoms with Gasteiger partial charge in [0, 0.05) is 21.0 Å². The van der Waals surface area contributed by atoms with Crippen LogP contribution in [-0.2, 0) is 10.0 Å². The molecule has 3 aromatic carbocycles. The molecule has 8 heteroatoms. The molecule has 0 radical (unpaired) electrons. The minimum absolute atomic E-state index is 0.149. The zero-order chi connectivity index (χ0) is 19.4. The van der Waals surface area contributed by atoms with Gasteiger partial charge in [0.05, 0.1) is 20.6 Å². The van der Waals surface area contributed by atoms with Gasteiger partial charge in [0.15, 0.2) is 0 Å². The van der Waals surface area contributed by atoms with Gasteiger partial charge in [-0.2, -0.15) is 0 Å². The molecule has 27 heavy (non-hydrogen) atoms. The highest BCUT2D eigenvalue weighted by molar-refractivity contribution is 14.1. The summed E-state index contributed by atoms with van der Waals surface area (Å²) in [5, 5.41) is 0.985. The largest absolute Gasteiger partial charge is 0.280 e. The lowest BCUT2D eigenvalue weighted by Gasteiger charge is -2.08. The van der Waals surface area contributed by atoms with Crippen molar-refractivity contribution in [2.45, 2.75) is 4.90 Å². The van der Waals surface area contributed by atoms with Crippen molar-refractivity contribution in [2.75, 3.05) is 4.72 Å². The number of hydrogen-bond acceptors (Lipinski definition) is 3. The van der Waals surface area contributed by atoms with Gasteiger partial charge in [-0.05, 0) is 83.3 Å². The molecular weight excluding hydrogens is 518 g/mol. The molecule has 0 saturated heterocycles. The van der Waals surface area contributed by atoms with Crippen LogP contribution in [0.25, 0.3) is 0 Å². The standard InChI is InChI=1S/C19H13Cl2IN2O2S/c20-18-2-1-3-19(21)17(18)12-23-14-8-10-16(11-9-14)27(25,26)24-15-6-4-13(22)5-7-15/h1-12,24H. The fourth-order valence-electron chi connectivity index (χ4n) is 2.22. The molecule has 0 aliphatic carbocycles. The van der Waals surface area contributed by atoms with Crippen LogP contribution in [0, 0.1) is 3.57 Å². The van der Waals surface area contributed by atoms with Crippen LogP contribution >= 0.6 is 45.8 Å². The molecule has 3 rings (SSSR count). The summed E-state index contributed by atoms with van der Waals surface area (Å²) in [6, 6.07) is 18.5. The summed E-state index contributed by atoms with van der Waals surface area (Å²) in [5.41, 5.74) is 1.70. The van der Waals surface area contributed by atoms with Gasteiger partial charge in [-0.3, -0.25) is 9.71 Å². The second-order valence-corrected chi connectivity index (χ2v) is 9.24. The fraction of sp³-hybridized carbons (Fsp3) is 0. The number of rotatable bonds is 5. The van der Waals surface area contributed by atoms with E-state index in [1.807, 2.05) is 12.1 Å². The van der Waals surface area contributed by atoms with Gasteiger partial charge in [0.1, 0.15) is 0 Å². The average molecular weight is 531 g/mol. The van der Waals surface area contributed by atoms with E-state index in [4.69, 9.17) is 23.2 Å². The molecule has 0 aliphatic heterocycles. The summed E-state index contributed by atoms with van der Waals surface area (Å²) >= 11 is 14.4. The summed E-state index contributed by atoms with van der Waals surface area (Å²) in [6.07, 6.45) is 1.55. The van der Waals surface area contributed by atoms with Crippen LogP contribution in [0.5, 0.6) is 0 Å². The SMILES string of the molecule is O=S(=O)(Nc1ccc(I)cc1)c1ccc(N=Cc2c(Cl)cccc2Cl)cc1. The number of aliphatic imine (C=N–C) groups is 1. The molecule has 0 spiro atoms. The molecule has 0 heterocycles. The Morgan fingerprint density at radius 3 is 2.07 bits per heavy atom. The normalized spacial score (nSPS) is 11.7. The van der Waals surface area contributed by atoms with Crippen molar-refractivity contribution in [1.29, 1.82) is 0 Å². The molecule has 0 saturated carbocycles. The second-order valence-electron chi connectivity index (χ2n) is 5.50. The van der Waals surface area contributed by atoms with Gasteiger partial charge in [0.25, 0.3) is 10.0 Å². The zero-order valence-electron chi connectivity index (χ0n) is 13.7. The minimum atomic E-state index is -3.67. The van der Waals surface area contributed by atoms with E-state index in [1.54, 1.807) is 48.7 Å². The highest BCUT2D eigenvalue weighted by atomic mass is 127. The molecule has 1 N–H and O–H groups in total. The first-order chi connectivity index (χ1) is 12.8. The van der Waals surface area contributed by atoms with E-state index in [0.29, 0.717) is 27.0 Å². The zero-order valence-corrected chi connectivity index (χ0v) is 18.2. The van der Waals surface area contributed by atoms with Crippen molar-refractivity contribution in [3.63, 3.8) is 0 Å². The van der Waals surface area contributed by atoms with E-state index in [0.717, 1.165) is 3.57 Å². The lowest BCUT2D eigenvalue weighted by Crippen LogP contribution is -2.12. The van der Waals surface area contributed by atoms with Gasteiger partial charge >= 0.3 is 0 Å². The molecular formula is C19H13Cl2IN2O2S. The average Bonchev–Trinajstić information content (AvgIpc) is 2.63. The summed E-state index contributed by atoms with van der Waals surface area (Å²) in [6.45, 7) is 0. The summed E-state index contributed by atoms with van der Waals surface area (Å²) in [4.78, 5) is 4.45.